The van der Waals surface area contributed by atoms with Crippen LogP contribution in [0.5, 0.6) is 0 Å². The number of rotatable bonds is 7. The molecule has 1 aromatic heterocycles. The molecule has 0 aliphatic carbocycles. The third-order valence-electron chi connectivity index (χ3n) is 3.08. The lowest BCUT2D eigenvalue weighted by atomic mass is 10.0. The summed E-state index contributed by atoms with van der Waals surface area (Å²) >= 11 is 0. The molecular formula is C15H18N2O3S. The minimum absolute atomic E-state index is 0.0248. The number of carbonyl (C=O) groups excluding carboxylic acids is 1. The fourth-order valence-corrected chi connectivity index (χ4v) is 2.58. The van der Waals surface area contributed by atoms with Crippen molar-refractivity contribution in [1.82, 2.24) is 9.71 Å². The van der Waals surface area contributed by atoms with Crippen LogP contribution in [0.3, 0.4) is 0 Å². The van der Waals surface area contributed by atoms with Crippen molar-refractivity contribution in [2.75, 3.05) is 12.8 Å². The van der Waals surface area contributed by atoms with Crippen molar-refractivity contribution in [2.24, 2.45) is 0 Å². The van der Waals surface area contributed by atoms with Gasteiger partial charge in [0.15, 0.2) is 5.78 Å². The van der Waals surface area contributed by atoms with Gasteiger partial charge < -0.3 is 4.98 Å². The molecule has 5 nitrogen and oxygen atoms in total. The Morgan fingerprint density at radius 3 is 2.57 bits per heavy atom. The Morgan fingerprint density at radius 2 is 1.90 bits per heavy atom. The number of carbonyl (C=O) groups is 1. The molecule has 0 atom stereocenters. The molecule has 2 aromatic rings. The summed E-state index contributed by atoms with van der Waals surface area (Å²) in [7, 11) is -3.21. The van der Waals surface area contributed by atoms with Gasteiger partial charge in [0, 0.05) is 36.8 Å². The van der Waals surface area contributed by atoms with Crippen LogP contribution in [0.1, 0.15) is 21.6 Å². The number of ketones is 1. The lowest BCUT2D eigenvalue weighted by Crippen LogP contribution is -2.24. The molecule has 0 spiro atoms. The van der Waals surface area contributed by atoms with Gasteiger partial charge in [-0.05, 0) is 11.6 Å². The van der Waals surface area contributed by atoms with Crippen LogP contribution in [-0.2, 0) is 22.9 Å². The van der Waals surface area contributed by atoms with E-state index >= 15 is 0 Å². The van der Waals surface area contributed by atoms with Crippen LogP contribution in [0.25, 0.3) is 0 Å². The SMILES string of the molecule is CS(=O)(=O)NCCc1[nH]ccc1C(=O)Cc1ccccc1. The maximum absolute atomic E-state index is 12.3. The zero-order chi connectivity index (χ0) is 15.3. The highest BCUT2D eigenvalue weighted by atomic mass is 32.2. The van der Waals surface area contributed by atoms with E-state index in [-0.39, 0.29) is 12.3 Å². The van der Waals surface area contributed by atoms with Crippen molar-refractivity contribution in [2.45, 2.75) is 12.8 Å². The lowest BCUT2D eigenvalue weighted by Gasteiger charge is -2.05. The van der Waals surface area contributed by atoms with Crippen LogP contribution in [0, 0.1) is 0 Å². The highest BCUT2D eigenvalue weighted by Crippen LogP contribution is 2.12. The van der Waals surface area contributed by atoms with Gasteiger partial charge >= 0.3 is 0 Å². The zero-order valence-electron chi connectivity index (χ0n) is 11.8. The Balaban J connectivity index is 2.01. The summed E-state index contributed by atoms with van der Waals surface area (Å²) in [5.74, 6) is 0.0248. The summed E-state index contributed by atoms with van der Waals surface area (Å²) < 4.78 is 24.5. The molecule has 0 amide bonds. The van der Waals surface area contributed by atoms with Crippen molar-refractivity contribution >= 4 is 15.8 Å². The largest absolute Gasteiger partial charge is 0.364 e. The van der Waals surface area contributed by atoms with E-state index in [0.717, 1.165) is 17.5 Å². The van der Waals surface area contributed by atoms with Crippen molar-refractivity contribution in [3.8, 4) is 0 Å². The number of sulfonamides is 1. The molecule has 0 aliphatic heterocycles. The van der Waals surface area contributed by atoms with Crippen molar-refractivity contribution in [1.29, 1.82) is 0 Å². The summed E-state index contributed by atoms with van der Waals surface area (Å²) in [4.78, 5) is 15.3. The molecule has 2 rings (SSSR count). The molecule has 6 heteroatoms. The second-order valence-corrected chi connectivity index (χ2v) is 6.70. The van der Waals surface area contributed by atoms with E-state index in [9.17, 15) is 13.2 Å². The van der Waals surface area contributed by atoms with E-state index in [1.807, 2.05) is 30.3 Å². The van der Waals surface area contributed by atoms with Gasteiger partial charge in [0.1, 0.15) is 0 Å². The van der Waals surface area contributed by atoms with Crippen LogP contribution < -0.4 is 4.72 Å². The maximum atomic E-state index is 12.3. The van der Waals surface area contributed by atoms with Gasteiger partial charge in [-0.3, -0.25) is 4.79 Å². The standard InChI is InChI=1S/C15H18N2O3S/c1-21(19,20)17-10-8-14-13(7-9-16-14)15(18)11-12-5-3-2-4-6-12/h2-7,9,16-17H,8,10-11H2,1H3. The molecule has 0 fully saturated rings. The fraction of sp³-hybridized carbons (Fsp3) is 0.267. The van der Waals surface area contributed by atoms with E-state index < -0.39 is 10.0 Å². The third-order valence-corrected chi connectivity index (χ3v) is 3.81. The van der Waals surface area contributed by atoms with Crippen LogP contribution >= 0.6 is 0 Å². The maximum Gasteiger partial charge on any atom is 0.208 e. The minimum Gasteiger partial charge on any atom is -0.364 e. The van der Waals surface area contributed by atoms with Gasteiger partial charge in [-0.2, -0.15) is 0 Å². The number of benzene rings is 1. The average Bonchev–Trinajstić information content (AvgIpc) is 2.87. The van der Waals surface area contributed by atoms with E-state index in [1.54, 1.807) is 12.3 Å². The summed E-state index contributed by atoms with van der Waals surface area (Å²) in [6.45, 7) is 0.269. The predicted octanol–water partition coefficient (Wildman–Crippen LogP) is 1.53. The molecule has 0 aliphatic rings. The van der Waals surface area contributed by atoms with E-state index in [0.29, 0.717) is 18.4 Å². The van der Waals surface area contributed by atoms with Gasteiger partial charge in [-0.15, -0.1) is 0 Å². The molecule has 1 aromatic carbocycles. The molecule has 0 saturated heterocycles. The molecule has 0 bridgehead atoms. The number of Topliss-reactive ketones (excluding diaryl/α,β-unsaturated/α-hetero) is 1. The van der Waals surface area contributed by atoms with Crippen LogP contribution in [-0.4, -0.2) is 32.0 Å². The first-order chi connectivity index (χ1) is 9.96. The molecule has 0 unspecified atom stereocenters. The molecule has 0 radical (unpaired) electrons. The van der Waals surface area contributed by atoms with Crippen molar-refractivity contribution in [3.05, 3.63) is 59.4 Å². The van der Waals surface area contributed by atoms with E-state index in [4.69, 9.17) is 0 Å². The highest BCUT2D eigenvalue weighted by molar-refractivity contribution is 7.88. The van der Waals surface area contributed by atoms with E-state index in [1.165, 1.54) is 0 Å². The first-order valence-corrected chi connectivity index (χ1v) is 8.53. The third kappa shape index (κ3) is 4.84. The normalized spacial score (nSPS) is 11.5. The lowest BCUT2D eigenvalue weighted by molar-refractivity contribution is 0.0992. The minimum atomic E-state index is -3.21. The van der Waals surface area contributed by atoms with E-state index in [2.05, 4.69) is 9.71 Å². The molecular weight excluding hydrogens is 288 g/mol. The quantitative estimate of drug-likeness (QED) is 0.761. The predicted molar refractivity (Wildman–Crippen MR) is 81.8 cm³/mol. The number of H-pyrrole nitrogens is 1. The van der Waals surface area contributed by atoms with Gasteiger partial charge in [-0.25, -0.2) is 13.1 Å². The van der Waals surface area contributed by atoms with Gasteiger partial charge in [0.2, 0.25) is 10.0 Å². The fourth-order valence-electron chi connectivity index (χ4n) is 2.11. The second kappa shape index (κ2) is 6.69. The molecule has 0 saturated carbocycles. The first kappa shape index (κ1) is 15.5. The average molecular weight is 306 g/mol. The highest BCUT2D eigenvalue weighted by Gasteiger charge is 2.13. The molecule has 21 heavy (non-hydrogen) atoms. The van der Waals surface area contributed by atoms with Gasteiger partial charge in [-0.1, -0.05) is 30.3 Å². The van der Waals surface area contributed by atoms with Gasteiger partial charge in [0.05, 0.1) is 6.26 Å². The number of hydrogen-bond donors (Lipinski definition) is 2. The first-order valence-electron chi connectivity index (χ1n) is 6.64. The zero-order valence-corrected chi connectivity index (χ0v) is 12.6. The summed E-state index contributed by atoms with van der Waals surface area (Å²) in [5, 5.41) is 0. The molecule has 2 N–H and O–H groups in total. The Morgan fingerprint density at radius 1 is 1.19 bits per heavy atom. The van der Waals surface area contributed by atoms with Crippen LogP contribution in [0.15, 0.2) is 42.6 Å². The Labute approximate surface area is 124 Å². The summed E-state index contributed by atoms with van der Waals surface area (Å²) in [6, 6.07) is 11.3. The smallest absolute Gasteiger partial charge is 0.208 e. The summed E-state index contributed by atoms with van der Waals surface area (Å²) in [6.07, 6.45) is 3.61. The van der Waals surface area contributed by atoms with Crippen LogP contribution in [0.4, 0.5) is 0 Å². The Kier molecular flexibility index (Phi) is 4.93. The topological polar surface area (TPSA) is 79.0 Å². The van der Waals surface area contributed by atoms with Crippen LogP contribution in [0.2, 0.25) is 0 Å². The molecule has 112 valence electrons. The summed E-state index contributed by atoms with van der Waals surface area (Å²) in [5.41, 5.74) is 2.34. The number of hydrogen-bond acceptors (Lipinski definition) is 3. The Bertz CT molecular complexity index is 706. The molecule has 1 heterocycles. The number of nitrogens with one attached hydrogen (secondary N) is 2. The van der Waals surface area contributed by atoms with Crippen molar-refractivity contribution < 1.29 is 13.2 Å². The second-order valence-electron chi connectivity index (χ2n) is 4.87. The number of aromatic amines is 1. The number of aromatic nitrogens is 1. The monoisotopic (exact) mass is 306 g/mol. The van der Waals surface area contributed by atoms with Gasteiger partial charge in [0.25, 0.3) is 0 Å². The van der Waals surface area contributed by atoms with Crippen molar-refractivity contribution in [3.63, 3.8) is 0 Å². The Hall–Kier alpha value is -1.92.